The lowest BCUT2D eigenvalue weighted by Gasteiger charge is -2.05. The third-order valence-corrected chi connectivity index (χ3v) is 2.07. The first-order valence-corrected chi connectivity index (χ1v) is 5.34. The van der Waals surface area contributed by atoms with Crippen LogP contribution in [-0.2, 0) is 9.53 Å². The van der Waals surface area contributed by atoms with Gasteiger partial charge in [-0.2, -0.15) is 0 Å². The third-order valence-electron chi connectivity index (χ3n) is 2.07. The van der Waals surface area contributed by atoms with Gasteiger partial charge in [0.25, 0.3) is 0 Å². The number of benzene rings is 1. The van der Waals surface area contributed by atoms with E-state index in [4.69, 9.17) is 9.84 Å². The van der Waals surface area contributed by atoms with Gasteiger partial charge in [-0.3, -0.25) is 4.79 Å². The number of amides is 1. The fourth-order valence-corrected chi connectivity index (χ4v) is 1.26. The highest BCUT2D eigenvalue weighted by atomic mass is 16.5. The molecule has 1 aromatic rings. The van der Waals surface area contributed by atoms with Gasteiger partial charge >= 0.3 is 5.97 Å². The van der Waals surface area contributed by atoms with Gasteiger partial charge in [-0.15, -0.1) is 0 Å². The van der Waals surface area contributed by atoms with Crippen LogP contribution in [0.2, 0.25) is 0 Å². The molecule has 0 aliphatic rings. The molecule has 5 heteroatoms. The molecule has 0 spiro atoms. The van der Waals surface area contributed by atoms with Gasteiger partial charge in [0.1, 0.15) is 0 Å². The summed E-state index contributed by atoms with van der Waals surface area (Å²) in [7, 11) is 0. The van der Waals surface area contributed by atoms with E-state index in [-0.39, 0.29) is 17.9 Å². The average Bonchev–Trinajstić information content (AvgIpc) is 2.29. The second kappa shape index (κ2) is 6.65. The van der Waals surface area contributed by atoms with Gasteiger partial charge in [-0.1, -0.05) is 6.07 Å². The van der Waals surface area contributed by atoms with Crippen molar-refractivity contribution in [2.24, 2.45) is 0 Å². The van der Waals surface area contributed by atoms with Crippen LogP contribution in [0.3, 0.4) is 0 Å². The van der Waals surface area contributed by atoms with E-state index < -0.39 is 5.97 Å². The number of hydrogen-bond acceptors (Lipinski definition) is 3. The lowest BCUT2D eigenvalue weighted by molar-refractivity contribution is -0.117. The number of ether oxygens (including phenoxy) is 1. The summed E-state index contributed by atoms with van der Waals surface area (Å²) in [5.74, 6) is -1.21. The standard InChI is InChI=1S/C12H15NO4/c1-2-17-7-6-11(14)13-10-5-3-4-9(8-10)12(15)16/h3-5,8H,2,6-7H2,1H3,(H,13,14)(H,15,16). The van der Waals surface area contributed by atoms with Gasteiger partial charge in [-0.25, -0.2) is 4.79 Å². The normalized spacial score (nSPS) is 9.94. The fraction of sp³-hybridized carbons (Fsp3) is 0.333. The van der Waals surface area contributed by atoms with Crippen molar-refractivity contribution in [3.63, 3.8) is 0 Å². The summed E-state index contributed by atoms with van der Waals surface area (Å²) in [4.78, 5) is 22.1. The lowest BCUT2D eigenvalue weighted by atomic mass is 10.2. The molecule has 0 saturated heterocycles. The molecule has 0 bridgehead atoms. The van der Waals surface area contributed by atoms with Crippen molar-refractivity contribution in [2.45, 2.75) is 13.3 Å². The first-order valence-electron chi connectivity index (χ1n) is 5.34. The van der Waals surface area contributed by atoms with Crippen molar-refractivity contribution < 1.29 is 19.4 Å². The van der Waals surface area contributed by atoms with E-state index in [2.05, 4.69) is 5.32 Å². The molecule has 0 unspecified atom stereocenters. The molecule has 0 radical (unpaired) electrons. The number of hydrogen-bond donors (Lipinski definition) is 2. The SMILES string of the molecule is CCOCCC(=O)Nc1cccc(C(=O)O)c1. The van der Waals surface area contributed by atoms with Gasteiger partial charge in [0.05, 0.1) is 18.6 Å². The van der Waals surface area contributed by atoms with Crippen molar-refractivity contribution in [1.29, 1.82) is 0 Å². The second-order valence-electron chi connectivity index (χ2n) is 3.38. The number of nitrogens with one attached hydrogen (secondary N) is 1. The fourth-order valence-electron chi connectivity index (χ4n) is 1.26. The molecule has 1 rings (SSSR count). The van der Waals surface area contributed by atoms with Crippen molar-refractivity contribution in [3.8, 4) is 0 Å². The molecule has 1 amide bonds. The van der Waals surface area contributed by atoms with Crippen LogP contribution < -0.4 is 5.32 Å². The summed E-state index contributed by atoms with van der Waals surface area (Å²) in [5, 5.41) is 11.4. The molecule has 92 valence electrons. The molecule has 2 N–H and O–H groups in total. The molecule has 0 saturated carbocycles. The van der Waals surface area contributed by atoms with Gasteiger partial charge in [0, 0.05) is 12.3 Å². The molecule has 0 aliphatic carbocycles. The van der Waals surface area contributed by atoms with E-state index in [1.807, 2.05) is 6.92 Å². The maximum Gasteiger partial charge on any atom is 0.335 e. The molecular formula is C12H15NO4. The minimum atomic E-state index is -1.02. The van der Waals surface area contributed by atoms with E-state index >= 15 is 0 Å². The van der Waals surface area contributed by atoms with Crippen molar-refractivity contribution in [2.75, 3.05) is 18.5 Å². The van der Waals surface area contributed by atoms with E-state index in [0.29, 0.717) is 18.9 Å². The van der Waals surface area contributed by atoms with Crippen LogP contribution in [0.4, 0.5) is 5.69 Å². The Kier molecular flexibility index (Phi) is 5.16. The third kappa shape index (κ3) is 4.65. The van der Waals surface area contributed by atoms with E-state index in [1.54, 1.807) is 12.1 Å². The molecule has 1 aromatic carbocycles. The largest absolute Gasteiger partial charge is 0.478 e. The topological polar surface area (TPSA) is 75.6 Å². The Morgan fingerprint density at radius 2 is 2.18 bits per heavy atom. The van der Waals surface area contributed by atoms with Gasteiger partial charge < -0.3 is 15.2 Å². The summed E-state index contributed by atoms with van der Waals surface area (Å²) < 4.78 is 5.05. The number of carboxylic acids is 1. The Labute approximate surface area is 99.4 Å². The van der Waals surface area contributed by atoms with E-state index in [1.165, 1.54) is 12.1 Å². The van der Waals surface area contributed by atoms with Crippen LogP contribution in [0, 0.1) is 0 Å². The maximum absolute atomic E-state index is 11.4. The van der Waals surface area contributed by atoms with Gasteiger partial charge in [-0.05, 0) is 25.1 Å². The first-order chi connectivity index (χ1) is 8.13. The van der Waals surface area contributed by atoms with Crippen LogP contribution in [0.5, 0.6) is 0 Å². The first kappa shape index (κ1) is 13.2. The summed E-state index contributed by atoms with van der Waals surface area (Å²) in [5.41, 5.74) is 0.624. The number of carboxylic acid groups (broad SMARTS) is 1. The second-order valence-corrected chi connectivity index (χ2v) is 3.38. The Hall–Kier alpha value is -1.88. The summed E-state index contributed by atoms with van der Waals surface area (Å²) >= 11 is 0. The predicted octanol–water partition coefficient (Wildman–Crippen LogP) is 1.75. The van der Waals surface area contributed by atoms with Crippen molar-refractivity contribution in [1.82, 2.24) is 0 Å². The highest BCUT2D eigenvalue weighted by molar-refractivity contribution is 5.93. The number of rotatable bonds is 6. The quantitative estimate of drug-likeness (QED) is 0.739. The maximum atomic E-state index is 11.4. The molecule has 0 aliphatic heterocycles. The average molecular weight is 237 g/mol. The van der Waals surface area contributed by atoms with Crippen LogP contribution >= 0.6 is 0 Å². The lowest BCUT2D eigenvalue weighted by Crippen LogP contribution is -2.14. The molecule has 5 nitrogen and oxygen atoms in total. The zero-order chi connectivity index (χ0) is 12.7. The molecule has 17 heavy (non-hydrogen) atoms. The number of anilines is 1. The molecule has 0 atom stereocenters. The highest BCUT2D eigenvalue weighted by Gasteiger charge is 2.05. The van der Waals surface area contributed by atoms with Gasteiger partial charge in [0.2, 0.25) is 5.91 Å². The monoisotopic (exact) mass is 237 g/mol. The Morgan fingerprint density at radius 1 is 1.41 bits per heavy atom. The van der Waals surface area contributed by atoms with E-state index in [9.17, 15) is 9.59 Å². The molecule has 0 fully saturated rings. The smallest absolute Gasteiger partial charge is 0.335 e. The van der Waals surface area contributed by atoms with Crippen LogP contribution in [0.1, 0.15) is 23.7 Å². The minimum absolute atomic E-state index is 0.146. The van der Waals surface area contributed by atoms with Crippen molar-refractivity contribution in [3.05, 3.63) is 29.8 Å². The predicted molar refractivity (Wildman–Crippen MR) is 63.1 cm³/mol. The Bertz CT molecular complexity index is 403. The Morgan fingerprint density at radius 3 is 2.82 bits per heavy atom. The number of carbonyl (C=O) groups excluding carboxylic acids is 1. The Balaban J connectivity index is 2.53. The van der Waals surface area contributed by atoms with E-state index in [0.717, 1.165) is 0 Å². The van der Waals surface area contributed by atoms with Crippen molar-refractivity contribution >= 4 is 17.6 Å². The van der Waals surface area contributed by atoms with Crippen LogP contribution in [0.15, 0.2) is 24.3 Å². The zero-order valence-corrected chi connectivity index (χ0v) is 9.60. The molecule has 0 heterocycles. The number of aromatic carboxylic acids is 1. The highest BCUT2D eigenvalue weighted by Crippen LogP contribution is 2.10. The number of carbonyl (C=O) groups is 2. The molecular weight excluding hydrogens is 222 g/mol. The summed E-state index contributed by atoms with van der Waals surface area (Å²) in [6, 6.07) is 6.12. The van der Waals surface area contributed by atoms with Gasteiger partial charge in [0.15, 0.2) is 0 Å². The van der Waals surface area contributed by atoms with Crippen LogP contribution in [-0.4, -0.2) is 30.2 Å². The minimum Gasteiger partial charge on any atom is -0.478 e. The summed E-state index contributed by atoms with van der Waals surface area (Å²) in [6.07, 6.45) is 0.255. The zero-order valence-electron chi connectivity index (χ0n) is 9.60. The summed E-state index contributed by atoms with van der Waals surface area (Å²) in [6.45, 7) is 2.79. The van der Waals surface area contributed by atoms with Crippen LogP contribution in [0.25, 0.3) is 0 Å². The molecule has 0 aromatic heterocycles.